The molecule has 20 heavy (non-hydrogen) atoms. The first-order valence-electron chi connectivity index (χ1n) is 6.66. The molecule has 1 amide bonds. The number of rotatable bonds is 2. The van der Waals surface area contributed by atoms with Crippen molar-refractivity contribution in [2.75, 3.05) is 19.7 Å². The molecule has 110 valence electrons. The Labute approximate surface area is 122 Å². The summed E-state index contributed by atoms with van der Waals surface area (Å²) in [5, 5.41) is 9.22. The van der Waals surface area contributed by atoms with Gasteiger partial charge in [0.1, 0.15) is 13.6 Å². The summed E-state index contributed by atoms with van der Waals surface area (Å²) in [5.41, 5.74) is 2.67. The highest BCUT2D eigenvalue weighted by atomic mass is 32.1. The van der Waals surface area contributed by atoms with Crippen molar-refractivity contribution in [1.82, 2.24) is 15.4 Å². The highest BCUT2D eigenvalue weighted by Crippen LogP contribution is 2.42. The molecule has 1 unspecified atom stereocenters. The van der Waals surface area contributed by atoms with Crippen LogP contribution in [0, 0.1) is 5.92 Å². The van der Waals surface area contributed by atoms with Gasteiger partial charge >= 0.3 is 6.09 Å². The molecule has 2 fully saturated rings. The van der Waals surface area contributed by atoms with E-state index in [1.54, 1.807) is 11.3 Å². The molecular formula is C12H19N3O3SSi. The summed E-state index contributed by atoms with van der Waals surface area (Å²) in [6, 6.07) is 0. The van der Waals surface area contributed by atoms with E-state index in [0.717, 1.165) is 4.88 Å². The Kier molecular flexibility index (Phi) is 3.16. The van der Waals surface area contributed by atoms with Crippen molar-refractivity contribution >= 4 is 30.1 Å². The van der Waals surface area contributed by atoms with Gasteiger partial charge in [-0.2, -0.15) is 5.48 Å². The fourth-order valence-electron chi connectivity index (χ4n) is 2.80. The van der Waals surface area contributed by atoms with Crippen LogP contribution in [0.1, 0.15) is 4.88 Å². The number of aromatic nitrogens is 1. The van der Waals surface area contributed by atoms with Gasteiger partial charge in [0, 0.05) is 30.1 Å². The van der Waals surface area contributed by atoms with Gasteiger partial charge in [-0.3, -0.25) is 4.98 Å². The summed E-state index contributed by atoms with van der Waals surface area (Å²) in [5.74, 6) is 0.161. The second-order valence-corrected chi connectivity index (χ2v) is 12.9. The molecule has 3 rings (SSSR count). The molecule has 2 N–H and O–H groups in total. The molecule has 1 aromatic rings. The van der Waals surface area contributed by atoms with Gasteiger partial charge in [0.2, 0.25) is 0 Å². The normalized spacial score (nSPS) is 29.8. The summed E-state index contributed by atoms with van der Waals surface area (Å²) in [6.45, 7) is 8.29. The monoisotopic (exact) mass is 313 g/mol. The third kappa shape index (κ3) is 2.07. The maximum absolute atomic E-state index is 11.2. The Bertz CT molecular complexity index is 544. The second-order valence-electron chi connectivity index (χ2n) is 6.52. The molecule has 0 radical (unpaired) electrons. The van der Waals surface area contributed by atoms with Gasteiger partial charge in [-0.05, 0) is 0 Å². The molecule has 0 saturated carbocycles. The van der Waals surface area contributed by atoms with Crippen molar-refractivity contribution in [2.24, 2.45) is 5.92 Å². The van der Waals surface area contributed by atoms with Gasteiger partial charge < -0.3 is 14.8 Å². The van der Waals surface area contributed by atoms with Gasteiger partial charge in [0.05, 0.1) is 11.2 Å². The molecule has 8 heteroatoms. The third-order valence-corrected chi connectivity index (χ3v) is 8.52. The number of hydrogen-bond acceptors (Lipinski definition) is 5. The van der Waals surface area contributed by atoms with Crippen molar-refractivity contribution in [1.29, 1.82) is 0 Å². The molecule has 2 aliphatic heterocycles. The van der Waals surface area contributed by atoms with E-state index in [1.165, 1.54) is 9.53 Å². The minimum atomic E-state index is -1.44. The number of likely N-dealkylation sites (tertiary alicyclic amines) is 1. The van der Waals surface area contributed by atoms with Crippen LogP contribution >= 0.6 is 11.3 Å². The zero-order valence-electron chi connectivity index (χ0n) is 11.8. The number of nitrogens with one attached hydrogen (secondary N) is 1. The maximum atomic E-state index is 11.2. The van der Waals surface area contributed by atoms with Gasteiger partial charge in [0.25, 0.3) is 0 Å². The van der Waals surface area contributed by atoms with Crippen LogP contribution in [0.5, 0.6) is 0 Å². The van der Waals surface area contributed by atoms with Crippen molar-refractivity contribution in [3.63, 3.8) is 0 Å². The van der Waals surface area contributed by atoms with Crippen LogP contribution in [0.2, 0.25) is 19.6 Å². The number of nitrogens with zero attached hydrogens (tertiary/aromatic N) is 2. The first-order chi connectivity index (χ1) is 9.33. The lowest BCUT2D eigenvalue weighted by atomic mass is 9.88. The third-order valence-electron chi connectivity index (χ3n) is 3.97. The number of carboxylic acid groups (broad SMARTS) is 1. The molecule has 0 aromatic carbocycles. The molecule has 0 bridgehead atoms. The highest BCUT2D eigenvalue weighted by Gasteiger charge is 2.54. The summed E-state index contributed by atoms with van der Waals surface area (Å²) in [6.07, 6.45) is 1.04. The Hall–Kier alpha value is -0.963. The van der Waals surface area contributed by atoms with Crippen molar-refractivity contribution < 1.29 is 14.7 Å². The van der Waals surface area contributed by atoms with Gasteiger partial charge in [-0.25, -0.2) is 4.79 Å². The van der Waals surface area contributed by atoms with Crippen molar-refractivity contribution in [3.05, 3.63) is 11.1 Å². The topological polar surface area (TPSA) is 74.7 Å². The number of carbonyl (C=O) groups is 1. The fraction of sp³-hybridized carbons (Fsp3) is 0.667. The molecule has 6 nitrogen and oxygen atoms in total. The van der Waals surface area contributed by atoms with Crippen LogP contribution in [-0.2, 0) is 10.4 Å². The second kappa shape index (κ2) is 4.52. The van der Waals surface area contributed by atoms with E-state index in [9.17, 15) is 9.90 Å². The zero-order valence-corrected chi connectivity index (χ0v) is 13.7. The van der Waals surface area contributed by atoms with Crippen LogP contribution in [0.3, 0.4) is 0 Å². The number of thiazole rings is 1. The van der Waals surface area contributed by atoms with E-state index >= 15 is 0 Å². The van der Waals surface area contributed by atoms with E-state index in [1.807, 2.05) is 6.20 Å². The van der Waals surface area contributed by atoms with E-state index in [-0.39, 0.29) is 5.92 Å². The lowest BCUT2D eigenvalue weighted by molar-refractivity contribution is 0.0485. The van der Waals surface area contributed by atoms with Gasteiger partial charge in [-0.15, -0.1) is 11.3 Å². The Morgan fingerprint density at radius 1 is 1.65 bits per heavy atom. The van der Waals surface area contributed by atoms with Gasteiger partial charge in [-0.1, -0.05) is 19.6 Å². The highest BCUT2D eigenvalue weighted by molar-refractivity contribution is 7.25. The van der Waals surface area contributed by atoms with E-state index in [2.05, 4.69) is 30.1 Å². The predicted octanol–water partition coefficient (Wildman–Crippen LogP) is 1.03. The molecule has 2 saturated heterocycles. The molecule has 2 aliphatic rings. The Morgan fingerprint density at radius 3 is 3.00 bits per heavy atom. The van der Waals surface area contributed by atoms with Crippen LogP contribution < -0.4 is 10.1 Å². The van der Waals surface area contributed by atoms with Crippen LogP contribution in [0.4, 0.5) is 4.79 Å². The SMILES string of the molecule is C[Si](C)(C)c1ncc(C23CN(C(=O)O)C[C@@H]2CON3)s1. The van der Waals surface area contributed by atoms with Crippen molar-refractivity contribution in [2.45, 2.75) is 25.2 Å². The van der Waals surface area contributed by atoms with Gasteiger partial charge in [0.15, 0.2) is 0 Å². The number of hydroxylamine groups is 1. The van der Waals surface area contributed by atoms with E-state index in [4.69, 9.17) is 4.84 Å². The predicted molar refractivity (Wildman–Crippen MR) is 78.9 cm³/mol. The lowest BCUT2D eigenvalue weighted by Gasteiger charge is -2.25. The molecule has 1 aromatic heterocycles. The molecule has 0 spiro atoms. The summed E-state index contributed by atoms with van der Waals surface area (Å²) in [7, 11) is -1.44. The van der Waals surface area contributed by atoms with Crippen molar-refractivity contribution in [3.8, 4) is 0 Å². The Morgan fingerprint density at radius 2 is 2.40 bits per heavy atom. The average molecular weight is 313 g/mol. The smallest absolute Gasteiger partial charge is 0.407 e. The molecule has 2 atom stereocenters. The summed E-state index contributed by atoms with van der Waals surface area (Å²) in [4.78, 5) is 23.8. The number of amides is 1. The lowest BCUT2D eigenvalue weighted by Crippen LogP contribution is -2.43. The maximum Gasteiger partial charge on any atom is 0.407 e. The number of hydrogen-bond donors (Lipinski definition) is 2. The summed E-state index contributed by atoms with van der Waals surface area (Å²) < 4.78 is 1.20. The van der Waals surface area contributed by atoms with Crippen LogP contribution in [0.15, 0.2) is 6.20 Å². The minimum absolute atomic E-state index is 0.161. The minimum Gasteiger partial charge on any atom is -0.465 e. The van der Waals surface area contributed by atoms with E-state index in [0.29, 0.717) is 19.7 Å². The molecule has 3 heterocycles. The number of fused-ring (bicyclic) bond motifs is 1. The standard InChI is InChI=1S/C12H19N3O3SSi/c1-20(2,3)10-13-4-9(19-10)12-7-15(11(16)17)5-8(12)6-18-14-12/h4,8,14H,5-7H2,1-3H3,(H,16,17)/t8-,12?/m1/s1. The summed E-state index contributed by atoms with van der Waals surface area (Å²) >= 11 is 1.71. The average Bonchev–Trinajstić information content (AvgIpc) is 3.00. The first-order valence-corrected chi connectivity index (χ1v) is 11.0. The van der Waals surface area contributed by atoms with E-state index < -0.39 is 19.7 Å². The fourth-order valence-corrected chi connectivity index (χ4v) is 5.68. The molecule has 0 aliphatic carbocycles. The Balaban J connectivity index is 1.95. The molecular weight excluding hydrogens is 294 g/mol. The van der Waals surface area contributed by atoms with Crippen LogP contribution in [-0.4, -0.2) is 48.9 Å². The largest absolute Gasteiger partial charge is 0.465 e. The quantitative estimate of drug-likeness (QED) is 0.798. The van der Waals surface area contributed by atoms with Crippen LogP contribution in [0.25, 0.3) is 0 Å². The zero-order chi connectivity index (χ0) is 14.5. The first kappa shape index (κ1) is 14.0.